The highest BCUT2D eigenvalue weighted by Crippen LogP contribution is 2.40. The third-order valence-electron chi connectivity index (χ3n) is 4.77. The van der Waals surface area contributed by atoms with Crippen molar-refractivity contribution in [2.45, 2.75) is 74.5 Å². The monoisotopic (exact) mass is 644 g/mol. The van der Waals surface area contributed by atoms with Gasteiger partial charge in [0.15, 0.2) is 0 Å². The fourth-order valence-electron chi connectivity index (χ4n) is 2.20. The van der Waals surface area contributed by atoms with Gasteiger partial charge in [0.25, 0.3) is 18.5 Å². The summed E-state index contributed by atoms with van der Waals surface area (Å²) in [4.78, 5) is 0. The fourth-order valence-corrected chi connectivity index (χ4v) is 8.25. The van der Waals surface area contributed by atoms with Gasteiger partial charge in [0.05, 0.1) is 0 Å². The number of alkyl halides is 18. The van der Waals surface area contributed by atoms with E-state index < -0.39 is 90.5 Å². The molecule has 0 spiro atoms. The molecular weight excluding hydrogens is 626 g/mol. The first-order valence-corrected chi connectivity index (χ1v) is 15.7. The van der Waals surface area contributed by atoms with E-state index in [0.717, 1.165) is 0 Å². The molecule has 0 saturated heterocycles. The van der Waals surface area contributed by atoms with Crippen molar-refractivity contribution in [1.29, 1.82) is 0 Å². The van der Waals surface area contributed by atoms with Crippen LogP contribution < -0.4 is 0 Å². The molecule has 3 atom stereocenters. The first-order valence-electron chi connectivity index (χ1n) is 9.51. The normalized spacial score (nSPS) is 19.2. The van der Waals surface area contributed by atoms with Gasteiger partial charge in [-0.2, -0.15) is 39.5 Å². The average Bonchev–Trinajstić information content (AvgIpc) is 2.71. The second-order valence-corrected chi connectivity index (χ2v) is 20.4. The maximum atomic E-state index is 13.7. The van der Waals surface area contributed by atoms with E-state index in [9.17, 15) is 79.0 Å². The van der Waals surface area contributed by atoms with Gasteiger partial charge < -0.3 is 13.3 Å². The Morgan fingerprint density at radius 3 is 0.868 bits per heavy atom. The van der Waals surface area contributed by atoms with E-state index in [-0.39, 0.29) is 6.55 Å². The molecule has 0 aliphatic heterocycles. The molecule has 0 rings (SSSR count). The molecule has 3 nitrogen and oxygen atoms in total. The summed E-state index contributed by atoms with van der Waals surface area (Å²) in [5.74, 6) is -16.5. The quantitative estimate of drug-likeness (QED) is 0.160. The molecule has 23 heteroatoms. The Balaban J connectivity index is 6.18. The van der Waals surface area contributed by atoms with Gasteiger partial charge in [0, 0.05) is 0 Å². The van der Waals surface area contributed by atoms with E-state index in [2.05, 4.69) is 13.3 Å². The molecule has 3 unspecified atom stereocenters. The van der Waals surface area contributed by atoms with Gasteiger partial charge in [-0.25, -0.2) is 39.5 Å². The summed E-state index contributed by atoms with van der Waals surface area (Å²) < 4.78 is 245. The van der Waals surface area contributed by atoms with E-state index in [1.165, 1.54) is 0 Å². The second kappa shape index (κ2) is 11.5. The van der Waals surface area contributed by atoms with Crippen LogP contribution in [0.15, 0.2) is 0 Å². The highest BCUT2D eigenvalue weighted by molar-refractivity contribution is 7.33. The maximum absolute atomic E-state index is 13.7. The van der Waals surface area contributed by atoms with Crippen molar-refractivity contribution in [3.05, 3.63) is 0 Å². The largest absolute Gasteiger partial charge is 0.425 e. The summed E-state index contributed by atoms with van der Waals surface area (Å²) in [6.45, 7) is -6.80. The third-order valence-corrected chi connectivity index (χ3v) is 17.1. The molecule has 0 aliphatic carbocycles. The summed E-state index contributed by atoms with van der Waals surface area (Å²) >= 11 is 0. The highest BCUT2D eigenvalue weighted by atomic mass is 29.3. The van der Waals surface area contributed by atoms with E-state index in [0.29, 0.717) is 13.1 Å². The van der Waals surface area contributed by atoms with Crippen molar-refractivity contribution >= 4 is 15.9 Å². The van der Waals surface area contributed by atoms with Crippen molar-refractivity contribution in [3.63, 3.8) is 0 Å². The minimum Gasteiger partial charge on any atom is -0.408 e. The van der Waals surface area contributed by atoms with E-state index in [1.54, 1.807) is 0 Å². The van der Waals surface area contributed by atoms with Crippen LogP contribution in [0.2, 0.25) is 19.6 Å². The lowest BCUT2D eigenvalue weighted by atomic mass is 10.2. The highest BCUT2D eigenvalue weighted by Gasteiger charge is 2.64. The summed E-state index contributed by atoms with van der Waals surface area (Å²) in [6.07, 6.45) is -33.5. The lowest BCUT2D eigenvalue weighted by Crippen LogP contribution is -2.67. The van der Waals surface area contributed by atoms with Crippen LogP contribution >= 0.6 is 0 Å². The Hall–Kier alpha value is -0.946. The van der Waals surface area contributed by atoms with Gasteiger partial charge in [-0.15, -0.1) is 0 Å². The molecular formula is C15H18F18O3Si2. The van der Waals surface area contributed by atoms with E-state index >= 15 is 0 Å². The predicted octanol–water partition coefficient (Wildman–Crippen LogP) is 7.00. The van der Waals surface area contributed by atoms with E-state index in [1.807, 2.05) is 0 Å². The minimum atomic E-state index is -6.24. The molecule has 230 valence electrons. The van der Waals surface area contributed by atoms with Gasteiger partial charge in [-0.1, -0.05) is 0 Å². The number of rotatable bonds is 13. The van der Waals surface area contributed by atoms with Crippen LogP contribution in [0.3, 0.4) is 0 Å². The number of hydrogen-bond donors (Lipinski definition) is 0. The molecule has 0 aromatic heterocycles. The smallest absolute Gasteiger partial charge is 0.408 e. The SMILES string of the molecule is C[Si](C)(OCC(F)(F)C(F)C(F)(F)F)[Si](C)(OCC(F)(F)C(F)C(F)(F)F)OCC(F)(F)C(F)C(F)(F)F. The zero-order chi connectivity index (χ0) is 31.0. The van der Waals surface area contributed by atoms with Crippen LogP contribution in [0.1, 0.15) is 0 Å². The van der Waals surface area contributed by atoms with Crippen LogP contribution in [0.5, 0.6) is 0 Å². The number of halogens is 18. The summed E-state index contributed by atoms with van der Waals surface area (Å²) in [6, 6.07) is 0. The first-order chi connectivity index (χ1) is 16.3. The van der Waals surface area contributed by atoms with Gasteiger partial charge in [0.2, 0.25) is 7.83 Å². The fraction of sp³-hybridized carbons (Fsp3) is 1.00. The average molecular weight is 644 g/mol. The van der Waals surface area contributed by atoms with Gasteiger partial charge >= 0.3 is 44.4 Å². The third kappa shape index (κ3) is 9.61. The zero-order valence-corrected chi connectivity index (χ0v) is 20.9. The molecule has 0 N–H and O–H groups in total. The summed E-state index contributed by atoms with van der Waals surface area (Å²) in [7, 11) is -10.3. The van der Waals surface area contributed by atoms with Gasteiger partial charge in [-0.3, -0.25) is 0 Å². The van der Waals surface area contributed by atoms with E-state index in [4.69, 9.17) is 0 Å². The first kappa shape index (κ1) is 37.1. The van der Waals surface area contributed by atoms with Crippen LogP contribution in [-0.2, 0) is 13.3 Å². The maximum Gasteiger partial charge on any atom is 0.425 e. The molecule has 38 heavy (non-hydrogen) atoms. The molecule has 0 aliphatic rings. The predicted molar refractivity (Wildman–Crippen MR) is 94.7 cm³/mol. The van der Waals surface area contributed by atoms with Crippen molar-refractivity contribution < 1.29 is 92.3 Å². The standard InChI is InChI=1S/C15H18F18O3Si2/c1-37(2,34-4-10(19,20)7(16)13(25,26)27)38(3,35-5-11(21,22)8(17)14(28,29)30)36-6-12(23,24)9(18)15(31,32)33/h7-9H,4-6H2,1-3H3. The topological polar surface area (TPSA) is 27.7 Å². The Kier molecular flexibility index (Phi) is 11.2. The zero-order valence-electron chi connectivity index (χ0n) is 18.9. The minimum absolute atomic E-state index is 0.266. The van der Waals surface area contributed by atoms with Crippen molar-refractivity contribution in [3.8, 4) is 0 Å². The molecule has 0 aromatic carbocycles. The Bertz CT molecular complexity index is 730. The summed E-state index contributed by atoms with van der Waals surface area (Å²) in [5, 5.41) is 0. The molecule has 0 fully saturated rings. The number of hydrogen-bond acceptors (Lipinski definition) is 3. The molecule has 0 aromatic rings. The molecule has 0 heterocycles. The molecule has 0 bridgehead atoms. The molecule has 0 radical (unpaired) electrons. The van der Waals surface area contributed by atoms with Crippen molar-refractivity contribution in [2.75, 3.05) is 19.8 Å². The Morgan fingerprint density at radius 1 is 0.447 bits per heavy atom. The van der Waals surface area contributed by atoms with Crippen molar-refractivity contribution in [2.24, 2.45) is 0 Å². The van der Waals surface area contributed by atoms with Gasteiger partial charge in [-0.05, 0) is 19.6 Å². The van der Waals surface area contributed by atoms with Crippen LogP contribution in [0.25, 0.3) is 0 Å². The van der Waals surface area contributed by atoms with Crippen molar-refractivity contribution in [1.82, 2.24) is 0 Å². The van der Waals surface area contributed by atoms with Gasteiger partial charge in [0.1, 0.15) is 19.8 Å². The van der Waals surface area contributed by atoms with Crippen LogP contribution in [0, 0.1) is 0 Å². The lowest BCUT2D eigenvalue weighted by molar-refractivity contribution is -0.255. The Labute approximate surface area is 203 Å². The van der Waals surface area contributed by atoms with Crippen LogP contribution in [0.4, 0.5) is 79.0 Å². The summed E-state index contributed by atoms with van der Waals surface area (Å²) in [5.41, 5.74) is 0. The lowest BCUT2D eigenvalue weighted by Gasteiger charge is -2.41. The molecule has 0 saturated carbocycles. The molecule has 0 amide bonds. The van der Waals surface area contributed by atoms with Crippen LogP contribution in [-0.4, -0.2) is 90.5 Å². The Morgan fingerprint density at radius 2 is 0.658 bits per heavy atom. The second-order valence-electron chi connectivity index (χ2n) is 8.32.